The predicted octanol–water partition coefficient (Wildman–Crippen LogP) is 3.83. The summed E-state index contributed by atoms with van der Waals surface area (Å²) in [5, 5.41) is 6.35. The first-order chi connectivity index (χ1) is 12.1. The van der Waals surface area contributed by atoms with Crippen molar-refractivity contribution in [3.63, 3.8) is 0 Å². The predicted molar refractivity (Wildman–Crippen MR) is 103 cm³/mol. The lowest BCUT2D eigenvalue weighted by atomic mass is 9.99. The minimum absolute atomic E-state index is 0.0386. The van der Waals surface area contributed by atoms with E-state index in [1.54, 1.807) is 6.20 Å². The molecule has 0 aliphatic rings. The lowest BCUT2D eigenvalue weighted by Gasteiger charge is -2.15. The van der Waals surface area contributed by atoms with Crippen LogP contribution in [0.15, 0.2) is 42.6 Å². The SMILES string of the molecule is CCC(CC)CCNC(=O)c1ccccc1NCc1ccnc(N)c1. The average Bonchev–Trinajstić information content (AvgIpc) is 2.64. The summed E-state index contributed by atoms with van der Waals surface area (Å²) in [6.45, 7) is 5.69. The molecule has 2 aromatic rings. The maximum absolute atomic E-state index is 12.5. The number of aromatic nitrogens is 1. The van der Waals surface area contributed by atoms with Gasteiger partial charge in [0.1, 0.15) is 5.82 Å². The van der Waals surface area contributed by atoms with Crippen LogP contribution in [0.4, 0.5) is 11.5 Å². The lowest BCUT2D eigenvalue weighted by Crippen LogP contribution is -2.26. The number of hydrogen-bond donors (Lipinski definition) is 3. The van der Waals surface area contributed by atoms with Crippen LogP contribution in [0.2, 0.25) is 0 Å². The number of benzene rings is 1. The highest BCUT2D eigenvalue weighted by molar-refractivity contribution is 5.99. The Morgan fingerprint density at radius 2 is 1.96 bits per heavy atom. The van der Waals surface area contributed by atoms with Gasteiger partial charge in [-0.3, -0.25) is 4.79 Å². The van der Waals surface area contributed by atoms with Crippen molar-refractivity contribution in [2.45, 2.75) is 39.7 Å². The van der Waals surface area contributed by atoms with Gasteiger partial charge in [0.25, 0.3) is 5.91 Å². The molecule has 0 bridgehead atoms. The number of carbonyl (C=O) groups is 1. The van der Waals surface area contributed by atoms with E-state index in [4.69, 9.17) is 5.73 Å². The maximum atomic E-state index is 12.5. The molecule has 0 unspecified atom stereocenters. The fraction of sp³-hybridized carbons (Fsp3) is 0.400. The van der Waals surface area contributed by atoms with Crippen molar-refractivity contribution >= 4 is 17.4 Å². The quantitative estimate of drug-likeness (QED) is 0.648. The number of anilines is 2. The van der Waals surface area contributed by atoms with Crippen molar-refractivity contribution in [3.8, 4) is 0 Å². The maximum Gasteiger partial charge on any atom is 0.253 e. The van der Waals surface area contributed by atoms with Crippen molar-refractivity contribution < 1.29 is 4.79 Å². The number of carbonyl (C=O) groups excluding carboxylic acids is 1. The number of rotatable bonds is 9. The van der Waals surface area contributed by atoms with Crippen LogP contribution >= 0.6 is 0 Å². The Bertz CT molecular complexity index is 683. The van der Waals surface area contributed by atoms with Crippen LogP contribution in [-0.2, 0) is 6.54 Å². The smallest absolute Gasteiger partial charge is 0.253 e. The number of nitrogens with zero attached hydrogens (tertiary/aromatic N) is 1. The van der Waals surface area contributed by atoms with Crippen molar-refractivity contribution in [2.24, 2.45) is 5.92 Å². The molecule has 5 heteroatoms. The Balaban J connectivity index is 1.96. The number of nitrogens with one attached hydrogen (secondary N) is 2. The summed E-state index contributed by atoms with van der Waals surface area (Å²) in [4.78, 5) is 16.5. The summed E-state index contributed by atoms with van der Waals surface area (Å²) in [6.07, 6.45) is 5.01. The van der Waals surface area contributed by atoms with Gasteiger partial charge in [-0.25, -0.2) is 4.98 Å². The molecule has 25 heavy (non-hydrogen) atoms. The van der Waals surface area contributed by atoms with Crippen LogP contribution in [0.25, 0.3) is 0 Å². The zero-order valence-corrected chi connectivity index (χ0v) is 15.1. The van der Waals surface area contributed by atoms with E-state index in [1.807, 2.05) is 36.4 Å². The third kappa shape index (κ3) is 5.78. The molecule has 1 aromatic heterocycles. The number of nitrogens with two attached hydrogens (primary N) is 1. The van der Waals surface area contributed by atoms with E-state index in [1.165, 1.54) is 0 Å². The highest BCUT2D eigenvalue weighted by Gasteiger charge is 2.11. The highest BCUT2D eigenvalue weighted by Crippen LogP contribution is 2.17. The second kappa shape index (κ2) is 9.67. The number of pyridine rings is 1. The van der Waals surface area contributed by atoms with E-state index in [0.717, 1.165) is 30.5 Å². The monoisotopic (exact) mass is 340 g/mol. The van der Waals surface area contributed by atoms with Crippen LogP contribution in [-0.4, -0.2) is 17.4 Å². The molecule has 0 atom stereocenters. The number of hydrogen-bond acceptors (Lipinski definition) is 4. The van der Waals surface area contributed by atoms with E-state index < -0.39 is 0 Å². The van der Waals surface area contributed by atoms with Gasteiger partial charge < -0.3 is 16.4 Å². The van der Waals surface area contributed by atoms with Crippen LogP contribution in [0.5, 0.6) is 0 Å². The zero-order chi connectivity index (χ0) is 18.1. The molecule has 0 radical (unpaired) electrons. The van der Waals surface area contributed by atoms with Crippen molar-refractivity contribution in [2.75, 3.05) is 17.6 Å². The summed E-state index contributed by atoms with van der Waals surface area (Å²) in [5.74, 6) is 1.13. The molecule has 1 amide bonds. The molecule has 0 fully saturated rings. The van der Waals surface area contributed by atoms with Crippen LogP contribution in [0, 0.1) is 5.92 Å². The van der Waals surface area contributed by atoms with Crippen molar-refractivity contribution in [1.82, 2.24) is 10.3 Å². The zero-order valence-electron chi connectivity index (χ0n) is 15.1. The normalized spacial score (nSPS) is 10.7. The van der Waals surface area contributed by atoms with Crippen molar-refractivity contribution in [1.29, 1.82) is 0 Å². The number of nitrogen functional groups attached to an aromatic ring is 1. The molecule has 0 aliphatic heterocycles. The molecular formula is C20H28N4O. The van der Waals surface area contributed by atoms with E-state index >= 15 is 0 Å². The molecule has 1 heterocycles. The fourth-order valence-electron chi connectivity index (χ4n) is 2.82. The summed E-state index contributed by atoms with van der Waals surface area (Å²) >= 11 is 0. The fourth-order valence-corrected chi connectivity index (χ4v) is 2.82. The van der Waals surface area contributed by atoms with Gasteiger partial charge in [-0.05, 0) is 42.2 Å². The molecule has 134 valence electrons. The summed E-state index contributed by atoms with van der Waals surface area (Å²) in [5.41, 5.74) is 8.21. The summed E-state index contributed by atoms with van der Waals surface area (Å²) in [6, 6.07) is 11.3. The van der Waals surface area contributed by atoms with E-state index in [-0.39, 0.29) is 5.91 Å². The van der Waals surface area contributed by atoms with E-state index in [2.05, 4.69) is 29.5 Å². The molecule has 0 saturated heterocycles. The Morgan fingerprint density at radius 1 is 1.20 bits per heavy atom. The molecule has 0 saturated carbocycles. The van der Waals surface area contributed by atoms with Crippen molar-refractivity contribution in [3.05, 3.63) is 53.7 Å². The second-order valence-corrected chi connectivity index (χ2v) is 6.22. The van der Waals surface area contributed by atoms with Gasteiger partial charge in [-0.15, -0.1) is 0 Å². The van der Waals surface area contributed by atoms with Gasteiger partial charge in [0.05, 0.1) is 5.56 Å². The van der Waals surface area contributed by atoms with E-state index in [0.29, 0.717) is 30.4 Å². The molecule has 0 aliphatic carbocycles. The third-order valence-corrected chi connectivity index (χ3v) is 4.49. The molecule has 5 nitrogen and oxygen atoms in total. The third-order valence-electron chi connectivity index (χ3n) is 4.49. The Hall–Kier alpha value is -2.56. The topological polar surface area (TPSA) is 80.0 Å². The summed E-state index contributed by atoms with van der Waals surface area (Å²) < 4.78 is 0. The Morgan fingerprint density at radius 3 is 2.68 bits per heavy atom. The van der Waals surface area contributed by atoms with Gasteiger partial charge in [-0.1, -0.05) is 38.8 Å². The minimum Gasteiger partial charge on any atom is -0.384 e. The standard InChI is InChI=1S/C20H28N4O/c1-3-15(4-2)9-12-23-20(25)17-7-5-6-8-18(17)24-14-16-10-11-22-19(21)13-16/h5-8,10-11,13,15,24H,3-4,9,12,14H2,1-2H3,(H2,21,22)(H,23,25). The first-order valence-electron chi connectivity index (χ1n) is 8.95. The number of amides is 1. The molecular weight excluding hydrogens is 312 g/mol. The largest absolute Gasteiger partial charge is 0.384 e. The van der Waals surface area contributed by atoms with Gasteiger partial charge >= 0.3 is 0 Å². The molecule has 4 N–H and O–H groups in total. The van der Waals surface area contributed by atoms with Crippen LogP contribution in [0.1, 0.15) is 49.0 Å². The van der Waals surface area contributed by atoms with Gasteiger partial charge in [0.2, 0.25) is 0 Å². The minimum atomic E-state index is -0.0386. The first kappa shape index (κ1) is 18.8. The van der Waals surface area contributed by atoms with Crippen LogP contribution in [0.3, 0.4) is 0 Å². The van der Waals surface area contributed by atoms with Gasteiger partial charge in [0, 0.05) is 25.0 Å². The van der Waals surface area contributed by atoms with Gasteiger partial charge in [-0.2, -0.15) is 0 Å². The van der Waals surface area contributed by atoms with E-state index in [9.17, 15) is 4.79 Å². The number of para-hydroxylation sites is 1. The molecule has 0 spiro atoms. The Kier molecular flexibility index (Phi) is 7.26. The first-order valence-corrected chi connectivity index (χ1v) is 8.95. The second-order valence-electron chi connectivity index (χ2n) is 6.22. The molecule has 1 aromatic carbocycles. The summed E-state index contributed by atoms with van der Waals surface area (Å²) in [7, 11) is 0. The van der Waals surface area contributed by atoms with Gasteiger partial charge in [0.15, 0.2) is 0 Å². The highest BCUT2D eigenvalue weighted by atomic mass is 16.1. The lowest BCUT2D eigenvalue weighted by molar-refractivity contribution is 0.0952. The average molecular weight is 340 g/mol. The Labute approximate surface area is 150 Å². The van der Waals surface area contributed by atoms with Crippen LogP contribution < -0.4 is 16.4 Å². The molecule has 2 rings (SSSR count).